The number of ether oxygens (including phenoxy) is 3. The first-order chi connectivity index (χ1) is 7.69. The molecule has 0 saturated carbocycles. The van der Waals surface area contributed by atoms with E-state index in [2.05, 4.69) is 0 Å². The van der Waals surface area contributed by atoms with Gasteiger partial charge in [0.1, 0.15) is 0 Å². The second-order valence-electron chi connectivity index (χ2n) is 2.94. The third kappa shape index (κ3) is 2.32. The number of benzene rings is 1. The van der Waals surface area contributed by atoms with Crippen molar-refractivity contribution in [2.75, 3.05) is 21.3 Å². The first kappa shape index (κ1) is 12.9. The van der Waals surface area contributed by atoms with Gasteiger partial charge in [0.15, 0.2) is 11.5 Å². The lowest BCUT2D eigenvalue weighted by Crippen LogP contribution is -2.09. The molecule has 0 heterocycles. The molecule has 2 N–H and O–H groups in total. The Morgan fingerprint density at radius 1 is 1.19 bits per heavy atom. The van der Waals surface area contributed by atoms with Gasteiger partial charge in [0.25, 0.3) is 0 Å². The standard InChI is InChI=1S/C10H14ClNO4/c1-14-8-4-7(11)6(5-12-13)9(15-2)10(8)16-3/h4,12-13H,5H2,1-3H3. The molecule has 0 aromatic heterocycles. The van der Waals surface area contributed by atoms with Crippen LogP contribution in [0.15, 0.2) is 6.07 Å². The summed E-state index contributed by atoms with van der Waals surface area (Å²) in [6, 6.07) is 1.61. The minimum atomic E-state index is 0.155. The highest BCUT2D eigenvalue weighted by Crippen LogP contribution is 2.43. The maximum atomic E-state index is 8.72. The third-order valence-electron chi connectivity index (χ3n) is 2.13. The van der Waals surface area contributed by atoms with E-state index in [1.807, 2.05) is 5.48 Å². The van der Waals surface area contributed by atoms with Crippen LogP contribution in [0.2, 0.25) is 5.02 Å². The van der Waals surface area contributed by atoms with Gasteiger partial charge in [0, 0.05) is 11.6 Å². The molecule has 0 aliphatic rings. The Bertz CT molecular complexity index is 370. The molecule has 0 bridgehead atoms. The molecular formula is C10H14ClNO4. The highest BCUT2D eigenvalue weighted by atomic mass is 35.5. The zero-order chi connectivity index (χ0) is 12.1. The van der Waals surface area contributed by atoms with E-state index in [0.717, 1.165) is 0 Å². The van der Waals surface area contributed by atoms with Crippen molar-refractivity contribution in [3.05, 3.63) is 16.7 Å². The maximum absolute atomic E-state index is 8.72. The van der Waals surface area contributed by atoms with Crippen LogP contribution in [-0.4, -0.2) is 26.5 Å². The van der Waals surface area contributed by atoms with Crippen molar-refractivity contribution in [2.45, 2.75) is 6.54 Å². The molecule has 90 valence electrons. The lowest BCUT2D eigenvalue weighted by molar-refractivity contribution is 0.160. The number of hydrogen-bond acceptors (Lipinski definition) is 5. The van der Waals surface area contributed by atoms with Gasteiger partial charge in [-0.25, -0.2) is 5.48 Å². The smallest absolute Gasteiger partial charge is 0.203 e. The summed E-state index contributed by atoms with van der Waals surface area (Å²) in [5.41, 5.74) is 2.63. The summed E-state index contributed by atoms with van der Waals surface area (Å²) in [5.74, 6) is 1.36. The quantitative estimate of drug-likeness (QED) is 0.778. The number of hydrogen-bond donors (Lipinski definition) is 2. The van der Waals surface area contributed by atoms with Crippen molar-refractivity contribution in [2.24, 2.45) is 0 Å². The molecule has 16 heavy (non-hydrogen) atoms. The second kappa shape index (κ2) is 5.79. The van der Waals surface area contributed by atoms with Gasteiger partial charge in [-0.3, -0.25) is 0 Å². The number of hydroxylamine groups is 1. The first-order valence-corrected chi connectivity index (χ1v) is 4.91. The summed E-state index contributed by atoms with van der Waals surface area (Å²) in [4.78, 5) is 0. The van der Waals surface area contributed by atoms with E-state index in [1.165, 1.54) is 21.3 Å². The van der Waals surface area contributed by atoms with E-state index in [1.54, 1.807) is 6.07 Å². The number of rotatable bonds is 5. The highest BCUT2D eigenvalue weighted by Gasteiger charge is 2.19. The van der Waals surface area contributed by atoms with Crippen LogP contribution in [-0.2, 0) is 6.54 Å². The summed E-state index contributed by atoms with van der Waals surface area (Å²) >= 11 is 6.03. The topological polar surface area (TPSA) is 60.0 Å². The van der Waals surface area contributed by atoms with Crippen LogP contribution >= 0.6 is 11.6 Å². The molecule has 0 aliphatic heterocycles. The Kier molecular flexibility index (Phi) is 4.67. The zero-order valence-electron chi connectivity index (χ0n) is 9.33. The van der Waals surface area contributed by atoms with Crippen molar-refractivity contribution in [3.63, 3.8) is 0 Å². The predicted molar refractivity (Wildman–Crippen MR) is 59.7 cm³/mol. The average molecular weight is 248 g/mol. The molecule has 0 aliphatic carbocycles. The van der Waals surface area contributed by atoms with E-state index in [4.69, 9.17) is 31.0 Å². The number of methoxy groups -OCH3 is 3. The average Bonchev–Trinajstić information content (AvgIpc) is 2.30. The van der Waals surface area contributed by atoms with E-state index in [0.29, 0.717) is 27.8 Å². The van der Waals surface area contributed by atoms with Crippen LogP contribution in [0.1, 0.15) is 5.56 Å². The summed E-state index contributed by atoms with van der Waals surface area (Å²) in [5, 5.41) is 9.14. The molecule has 0 atom stereocenters. The second-order valence-corrected chi connectivity index (χ2v) is 3.35. The lowest BCUT2D eigenvalue weighted by atomic mass is 10.1. The van der Waals surface area contributed by atoms with Gasteiger partial charge in [-0.15, -0.1) is 0 Å². The Balaban J connectivity index is 3.38. The Hall–Kier alpha value is -1.17. The number of halogens is 1. The summed E-state index contributed by atoms with van der Waals surface area (Å²) < 4.78 is 15.5. The normalized spacial score (nSPS) is 10.1. The highest BCUT2D eigenvalue weighted by molar-refractivity contribution is 6.31. The monoisotopic (exact) mass is 247 g/mol. The zero-order valence-corrected chi connectivity index (χ0v) is 10.1. The molecule has 5 nitrogen and oxygen atoms in total. The molecule has 0 unspecified atom stereocenters. The fraction of sp³-hybridized carbons (Fsp3) is 0.400. The van der Waals surface area contributed by atoms with E-state index in [9.17, 15) is 0 Å². The van der Waals surface area contributed by atoms with E-state index >= 15 is 0 Å². The molecule has 1 aromatic rings. The van der Waals surface area contributed by atoms with Gasteiger partial charge in [0.2, 0.25) is 5.75 Å². The molecule has 0 saturated heterocycles. The fourth-order valence-electron chi connectivity index (χ4n) is 1.43. The van der Waals surface area contributed by atoms with Crippen molar-refractivity contribution in [1.29, 1.82) is 0 Å². The molecule has 1 rings (SSSR count). The van der Waals surface area contributed by atoms with Gasteiger partial charge in [0.05, 0.1) is 32.9 Å². The van der Waals surface area contributed by atoms with Gasteiger partial charge in [-0.1, -0.05) is 11.6 Å². The van der Waals surface area contributed by atoms with Crippen LogP contribution < -0.4 is 19.7 Å². The largest absolute Gasteiger partial charge is 0.493 e. The summed E-state index contributed by atoms with van der Waals surface area (Å²) in [6.45, 7) is 0.155. The van der Waals surface area contributed by atoms with Crippen molar-refractivity contribution in [1.82, 2.24) is 5.48 Å². The minimum Gasteiger partial charge on any atom is -0.493 e. The van der Waals surface area contributed by atoms with Crippen LogP contribution in [0.5, 0.6) is 17.2 Å². The molecule has 0 amide bonds. The Labute approximate surface area is 98.8 Å². The predicted octanol–water partition coefficient (Wildman–Crippen LogP) is 1.84. The molecule has 6 heteroatoms. The van der Waals surface area contributed by atoms with Crippen molar-refractivity contribution in [3.8, 4) is 17.2 Å². The van der Waals surface area contributed by atoms with Crippen LogP contribution in [0, 0.1) is 0 Å². The lowest BCUT2D eigenvalue weighted by Gasteiger charge is -2.16. The molecular weight excluding hydrogens is 234 g/mol. The molecule has 0 radical (unpaired) electrons. The molecule has 0 fully saturated rings. The van der Waals surface area contributed by atoms with Crippen molar-refractivity contribution < 1.29 is 19.4 Å². The van der Waals surface area contributed by atoms with Crippen LogP contribution in [0.25, 0.3) is 0 Å². The third-order valence-corrected chi connectivity index (χ3v) is 2.47. The minimum absolute atomic E-state index is 0.155. The van der Waals surface area contributed by atoms with Crippen LogP contribution in [0.3, 0.4) is 0 Å². The maximum Gasteiger partial charge on any atom is 0.203 e. The SMILES string of the molecule is COc1cc(Cl)c(CNO)c(OC)c1OC. The molecule has 0 spiro atoms. The number of nitrogens with one attached hydrogen (secondary N) is 1. The van der Waals surface area contributed by atoms with Gasteiger partial charge in [-0.05, 0) is 0 Å². The van der Waals surface area contributed by atoms with E-state index in [-0.39, 0.29) is 6.54 Å². The van der Waals surface area contributed by atoms with Gasteiger partial charge < -0.3 is 19.4 Å². The summed E-state index contributed by atoms with van der Waals surface area (Å²) in [6.07, 6.45) is 0. The molecule has 1 aromatic carbocycles. The van der Waals surface area contributed by atoms with Crippen molar-refractivity contribution >= 4 is 11.6 Å². The summed E-state index contributed by atoms with van der Waals surface area (Å²) in [7, 11) is 4.51. The van der Waals surface area contributed by atoms with Gasteiger partial charge in [-0.2, -0.15) is 0 Å². The van der Waals surface area contributed by atoms with E-state index < -0.39 is 0 Å². The van der Waals surface area contributed by atoms with Crippen LogP contribution in [0.4, 0.5) is 0 Å². The Morgan fingerprint density at radius 3 is 2.25 bits per heavy atom. The Morgan fingerprint density at radius 2 is 1.81 bits per heavy atom. The van der Waals surface area contributed by atoms with Gasteiger partial charge >= 0.3 is 0 Å². The fourth-order valence-corrected chi connectivity index (χ4v) is 1.68. The first-order valence-electron chi connectivity index (χ1n) is 4.53.